The summed E-state index contributed by atoms with van der Waals surface area (Å²) in [6.07, 6.45) is -17.1. The molecule has 0 aliphatic carbocycles. The van der Waals surface area contributed by atoms with Crippen molar-refractivity contribution in [3.8, 4) is 11.5 Å². The van der Waals surface area contributed by atoms with Gasteiger partial charge in [-0.05, 0) is 146 Å². The Hall–Kier alpha value is -5.57. The van der Waals surface area contributed by atoms with Crippen LogP contribution in [0.15, 0.2) is 84.9 Å². The zero-order valence-corrected chi connectivity index (χ0v) is 45.2. The van der Waals surface area contributed by atoms with Crippen molar-refractivity contribution in [1.82, 2.24) is 0 Å². The van der Waals surface area contributed by atoms with Gasteiger partial charge in [-0.1, -0.05) is 101 Å². The molecule has 0 spiro atoms. The van der Waals surface area contributed by atoms with E-state index in [1.54, 1.807) is 51.1 Å². The normalized spacial score (nSPS) is 15.4. The zero-order valence-electron chi connectivity index (χ0n) is 45.2. The van der Waals surface area contributed by atoms with E-state index in [2.05, 4.69) is 18.9 Å². The predicted molar refractivity (Wildman–Crippen MR) is 272 cm³/mol. The van der Waals surface area contributed by atoms with Gasteiger partial charge in [0.05, 0.1) is 0 Å². The fourth-order valence-electron chi connectivity index (χ4n) is 9.77. The fraction of sp³-hybridized carbons (Fsp3) is 0.500. The molecule has 1 aliphatic heterocycles. The largest absolute Gasteiger partial charge is 0.508 e. The minimum Gasteiger partial charge on any atom is -0.508 e. The predicted octanol–water partition coefficient (Wildman–Crippen LogP) is 16.0. The summed E-state index contributed by atoms with van der Waals surface area (Å²) in [5.41, 5.74) is -3.29. The molecule has 4 aromatic rings. The number of carbonyl (C=O) groups is 1. The minimum absolute atomic E-state index is 0.00271. The zero-order chi connectivity index (χ0) is 58.7. The van der Waals surface area contributed by atoms with Gasteiger partial charge in [-0.25, -0.2) is 0 Å². The molecule has 1 aliphatic rings. The Balaban J connectivity index is 0.000000344. The average molecular weight is 1120 g/mol. The molecule has 8 nitrogen and oxygen atoms in total. The molecule has 1 saturated heterocycles. The molecular formula is C58H68F12O8. The summed E-state index contributed by atoms with van der Waals surface area (Å²) in [5.74, 6) is 0.607. The average Bonchev–Trinajstić information content (AvgIpc) is 3.42. The van der Waals surface area contributed by atoms with Gasteiger partial charge >= 0.3 is 30.7 Å². The van der Waals surface area contributed by atoms with Crippen molar-refractivity contribution >= 4 is 18.1 Å². The van der Waals surface area contributed by atoms with Gasteiger partial charge in [0.25, 0.3) is 11.2 Å². The number of rotatable bonds is 21. The van der Waals surface area contributed by atoms with Crippen molar-refractivity contribution in [3.05, 3.63) is 141 Å². The first-order valence-corrected chi connectivity index (χ1v) is 25.2. The second-order valence-corrected chi connectivity index (χ2v) is 19.2. The van der Waals surface area contributed by atoms with Crippen molar-refractivity contribution in [2.24, 2.45) is 0 Å². The number of carbonyl (C=O) groups excluding carboxylic acids is 1. The van der Waals surface area contributed by atoms with E-state index in [-0.39, 0.29) is 47.7 Å². The number of benzene rings is 4. The Morgan fingerprint density at radius 1 is 0.551 bits per heavy atom. The molecule has 1 fully saturated rings. The van der Waals surface area contributed by atoms with Crippen molar-refractivity contribution in [2.75, 3.05) is 34.4 Å². The first-order chi connectivity index (χ1) is 36.3. The number of aromatic hydroxyl groups is 1. The summed E-state index contributed by atoms with van der Waals surface area (Å²) in [7, 11) is 1.88. The second-order valence-electron chi connectivity index (χ2n) is 19.2. The molecule has 0 aromatic heterocycles. The summed E-state index contributed by atoms with van der Waals surface area (Å²) in [5, 5.41) is 9.91. The summed E-state index contributed by atoms with van der Waals surface area (Å²) >= 11 is 0. The molecule has 4 aromatic carbocycles. The van der Waals surface area contributed by atoms with Gasteiger partial charge in [-0.15, -0.1) is 0 Å². The van der Waals surface area contributed by atoms with Crippen molar-refractivity contribution in [1.29, 1.82) is 0 Å². The third-order valence-electron chi connectivity index (χ3n) is 14.7. The van der Waals surface area contributed by atoms with E-state index in [1.165, 1.54) is 12.1 Å². The van der Waals surface area contributed by atoms with Crippen LogP contribution in [0.1, 0.15) is 128 Å². The van der Waals surface area contributed by atoms with E-state index in [0.717, 1.165) is 67.0 Å². The van der Waals surface area contributed by atoms with Gasteiger partial charge in [-0.3, -0.25) is 4.79 Å². The van der Waals surface area contributed by atoms with Crippen LogP contribution in [0.25, 0.3) is 12.2 Å². The van der Waals surface area contributed by atoms with Crippen LogP contribution in [0, 0.1) is 27.7 Å². The van der Waals surface area contributed by atoms with E-state index < -0.39 is 60.3 Å². The number of methoxy groups -OCH3 is 2. The Kier molecular flexibility index (Phi) is 21.8. The molecule has 5 rings (SSSR count). The molecule has 0 unspecified atom stereocenters. The van der Waals surface area contributed by atoms with E-state index in [9.17, 15) is 62.6 Å². The van der Waals surface area contributed by atoms with Crippen LogP contribution in [0.4, 0.5) is 52.7 Å². The van der Waals surface area contributed by atoms with Crippen LogP contribution in [-0.2, 0) is 39.3 Å². The lowest BCUT2D eigenvalue weighted by Crippen LogP contribution is -2.57. The Morgan fingerprint density at radius 2 is 0.923 bits per heavy atom. The smallest absolute Gasteiger partial charge is 0.430 e. The maximum atomic E-state index is 13.7. The molecule has 1 atom stereocenters. The van der Waals surface area contributed by atoms with Crippen LogP contribution in [0.5, 0.6) is 11.5 Å². The molecule has 0 bridgehead atoms. The summed E-state index contributed by atoms with van der Waals surface area (Å²) in [6, 6.07) is 21.2. The summed E-state index contributed by atoms with van der Waals surface area (Å²) in [6.45, 7) is 12.9. The summed E-state index contributed by atoms with van der Waals surface area (Å²) < 4.78 is 192. The highest BCUT2D eigenvalue weighted by Gasteiger charge is 2.72. The number of alkyl halides is 12. The highest BCUT2D eigenvalue weighted by atomic mass is 19.4. The van der Waals surface area contributed by atoms with Crippen LogP contribution >= 0.6 is 0 Å². The lowest BCUT2D eigenvalue weighted by molar-refractivity contribution is -0.372. The molecule has 20 heteroatoms. The lowest BCUT2D eigenvalue weighted by Gasteiger charge is -2.35. The highest BCUT2D eigenvalue weighted by Crippen LogP contribution is 2.50. The fourth-order valence-corrected chi connectivity index (χ4v) is 9.77. The highest BCUT2D eigenvalue weighted by molar-refractivity contribution is 5.70. The van der Waals surface area contributed by atoms with Crippen LogP contribution in [-0.4, -0.2) is 87.5 Å². The molecule has 1 N–H and O–H groups in total. The lowest BCUT2D eigenvalue weighted by atomic mass is 9.70. The standard InChI is InChI=1S/C32H38F6O5.C26H30F6O3/c1-6-29(7-2,25-13-14-27(22(4)18-25)41-19-26-9-8-10-28(39)43-26)24-12-11-23(21(3)17-24)15-16-30(31(33,34)35,32(36,37)38)42-20-40-5;1-6-23(7-2,21-10-11-22(33)18(4)15-21)20-9-8-19(17(3)14-20)12-13-24(25(27,28)29,26(30,31)32)35-16-34-5/h11-18,26H,6-10,19-20H2,1-5H3;8-15,33H,6-7,16H2,1-5H3/b16-15+;13-12+/t26-;/m1./s1. The Bertz CT molecular complexity index is 2650. The number of phenolic OH excluding ortho intramolecular Hbond substituents is 1. The van der Waals surface area contributed by atoms with Gasteiger partial charge in [0.2, 0.25) is 0 Å². The number of ether oxygens (including phenoxy) is 6. The third kappa shape index (κ3) is 14.1. The molecule has 0 saturated carbocycles. The van der Waals surface area contributed by atoms with E-state index in [4.69, 9.17) is 9.47 Å². The molecule has 0 radical (unpaired) electrons. The molecule has 432 valence electrons. The van der Waals surface area contributed by atoms with Gasteiger partial charge in [0.15, 0.2) is 0 Å². The van der Waals surface area contributed by atoms with Crippen molar-refractivity contribution in [2.45, 2.75) is 153 Å². The van der Waals surface area contributed by atoms with Gasteiger partial charge in [0.1, 0.15) is 37.8 Å². The first-order valence-electron chi connectivity index (χ1n) is 25.2. The maximum absolute atomic E-state index is 13.7. The number of cyclic esters (lactones) is 1. The van der Waals surface area contributed by atoms with Crippen LogP contribution in [0.3, 0.4) is 0 Å². The molecule has 78 heavy (non-hydrogen) atoms. The topological polar surface area (TPSA) is 92.7 Å². The Morgan fingerprint density at radius 3 is 1.26 bits per heavy atom. The number of esters is 1. The number of hydrogen-bond donors (Lipinski definition) is 1. The third-order valence-corrected chi connectivity index (χ3v) is 14.7. The van der Waals surface area contributed by atoms with E-state index in [1.807, 2.05) is 65.0 Å². The van der Waals surface area contributed by atoms with Crippen molar-refractivity contribution in [3.63, 3.8) is 0 Å². The number of hydrogen-bond acceptors (Lipinski definition) is 8. The molecule has 1 heterocycles. The number of aryl methyl sites for hydroxylation is 4. The van der Waals surface area contributed by atoms with Gasteiger partial charge < -0.3 is 33.5 Å². The number of halogens is 12. The quantitative estimate of drug-likeness (QED) is 0.0501. The van der Waals surface area contributed by atoms with Gasteiger partial charge in [-0.2, -0.15) is 52.7 Å². The monoisotopic (exact) mass is 1120 g/mol. The molecule has 0 amide bonds. The van der Waals surface area contributed by atoms with Crippen LogP contribution < -0.4 is 4.74 Å². The first kappa shape index (κ1) is 65.0. The SMILES string of the molecule is CCC(CC)(c1ccc(/C=C/C(OCOC)(C(F)(F)F)C(F)(F)F)c(C)c1)c1ccc(OC[C@H]2CCCC(=O)O2)c(C)c1.CCC(CC)(c1ccc(O)c(C)c1)c1ccc(/C=C/C(OCOC)(C(F)(F)F)C(F)(F)F)c(C)c1. The van der Waals surface area contributed by atoms with E-state index >= 15 is 0 Å². The van der Waals surface area contributed by atoms with Crippen LogP contribution in [0.2, 0.25) is 0 Å². The van der Waals surface area contributed by atoms with Gasteiger partial charge in [0, 0.05) is 31.5 Å². The second kappa shape index (κ2) is 26.1. The Labute approximate surface area is 447 Å². The maximum Gasteiger partial charge on any atom is 0.430 e. The minimum atomic E-state index is -5.78. The number of phenols is 1. The van der Waals surface area contributed by atoms with Crippen molar-refractivity contribution < 1.29 is 91.0 Å². The molecular weight excluding hydrogens is 1050 g/mol. The summed E-state index contributed by atoms with van der Waals surface area (Å²) in [4.78, 5) is 11.6. The van der Waals surface area contributed by atoms with E-state index in [0.29, 0.717) is 54.5 Å².